The Morgan fingerprint density at radius 3 is 2.00 bits per heavy atom. The van der Waals surface area contributed by atoms with Crippen LogP contribution in [-0.2, 0) is 28.7 Å². The molecule has 0 aromatic heterocycles. The molecule has 3 atom stereocenters. The molecule has 4 fully saturated rings. The SMILES string of the molecule is CC(C)(C)C(NC(=O)NCC(=O)OCC1CC1)C(=O)N1CCCC1C=O.FC(F)(F)C1CC1.NC(=O)C(=O)C(N)CC1CCC1. The van der Waals surface area contributed by atoms with Crippen LogP contribution in [0, 0.1) is 23.2 Å². The monoisotopic (exact) mass is 647 g/mol. The van der Waals surface area contributed by atoms with E-state index >= 15 is 0 Å². The van der Waals surface area contributed by atoms with Crippen molar-refractivity contribution in [1.82, 2.24) is 15.5 Å². The first-order valence-corrected chi connectivity index (χ1v) is 15.6. The van der Waals surface area contributed by atoms with Gasteiger partial charge in [0, 0.05) is 6.54 Å². The average Bonchev–Trinajstić information content (AvgIpc) is 3.87. The van der Waals surface area contributed by atoms with Gasteiger partial charge in [-0.15, -0.1) is 0 Å². The molecule has 45 heavy (non-hydrogen) atoms. The molecule has 1 aliphatic heterocycles. The first-order chi connectivity index (χ1) is 20.9. The third kappa shape index (κ3) is 13.7. The Kier molecular flexibility index (Phi) is 14.3. The van der Waals surface area contributed by atoms with Gasteiger partial charge >= 0.3 is 18.2 Å². The molecule has 4 aliphatic rings. The van der Waals surface area contributed by atoms with Crippen molar-refractivity contribution in [2.75, 3.05) is 19.7 Å². The number of primary amides is 1. The number of urea groups is 1. The summed E-state index contributed by atoms with van der Waals surface area (Å²) in [6, 6.07) is -2.52. The van der Waals surface area contributed by atoms with Crippen LogP contribution < -0.4 is 22.1 Å². The molecule has 12 nitrogen and oxygen atoms in total. The lowest BCUT2D eigenvalue weighted by Gasteiger charge is -2.34. The van der Waals surface area contributed by atoms with Crippen molar-refractivity contribution in [3.8, 4) is 0 Å². The van der Waals surface area contributed by atoms with Crippen LogP contribution >= 0.6 is 0 Å². The van der Waals surface area contributed by atoms with Gasteiger partial charge in [0.25, 0.3) is 5.91 Å². The number of likely N-dealkylation sites (tertiary alicyclic amines) is 1. The number of nitrogens with two attached hydrogens (primary N) is 2. The number of aldehydes is 1. The fourth-order valence-corrected chi connectivity index (χ4v) is 4.69. The lowest BCUT2D eigenvalue weighted by molar-refractivity contribution is -0.147. The molecule has 0 spiro atoms. The molecule has 4 rings (SSSR count). The fraction of sp³-hybridized carbons (Fsp3) is 0.800. The zero-order valence-electron chi connectivity index (χ0n) is 26.3. The molecule has 4 amide bonds. The summed E-state index contributed by atoms with van der Waals surface area (Å²) in [5.74, 6) is -2.29. The van der Waals surface area contributed by atoms with E-state index in [2.05, 4.69) is 10.6 Å². The Hall–Kier alpha value is -3.23. The summed E-state index contributed by atoms with van der Waals surface area (Å²) in [4.78, 5) is 70.6. The lowest BCUT2D eigenvalue weighted by Crippen LogP contribution is -2.58. The maximum absolute atomic E-state index is 12.9. The highest BCUT2D eigenvalue weighted by molar-refractivity contribution is 6.37. The Labute approximate surface area is 261 Å². The highest BCUT2D eigenvalue weighted by Gasteiger charge is 2.47. The third-order valence-corrected chi connectivity index (χ3v) is 8.13. The van der Waals surface area contributed by atoms with Crippen molar-refractivity contribution < 1.29 is 46.7 Å². The molecular formula is C30H48F3N5O7. The molecule has 0 bridgehead atoms. The topological polar surface area (TPSA) is 191 Å². The summed E-state index contributed by atoms with van der Waals surface area (Å²) < 4.78 is 38.8. The van der Waals surface area contributed by atoms with Crippen molar-refractivity contribution in [3.05, 3.63) is 0 Å². The summed E-state index contributed by atoms with van der Waals surface area (Å²) in [6.07, 6.45) is 5.23. The fourth-order valence-electron chi connectivity index (χ4n) is 4.69. The summed E-state index contributed by atoms with van der Waals surface area (Å²) in [5.41, 5.74) is 9.74. The number of rotatable bonds is 11. The highest BCUT2D eigenvalue weighted by atomic mass is 19.4. The van der Waals surface area contributed by atoms with Gasteiger partial charge in [-0.2, -0.15) is 13.2 Å². The molecule has 15 heteroatoms. The molecule has 3 unspecified atom stereocenters. The van der Waals surface area contributed by atoms with Crippen LogP contribution in [0.3, 0.4) is 0 Å². The number of alkyl halides is 3. The van der Waals surface area contributed by atoms with E-state index in [1.165, 1.54) is 11.3 Å². The highest BCUT2D eigenvalue weighted by Crippen LogP contribution is 2.43. The number of hydrogen-bond donors (Lipinski definition) is 4. The molecule has 6 N–H and O–H groups in total. The standard InChI is InChI=1S/C18H29N3O5.C8H14N2O2.C4H5F3/c1-18(2,3)15(16(24)21-8-4-5-13(21)10-22)20-17(25)19-9-14(23)26-11-12-6-7-12;9-6(7(11)8(10)12)4-5-2-1-3-5;5-4(6,7)3-1-2-3/h10,12-13,15H,4-9,11H2,1-3H3,(H2,19,20,25);5-6H,1-4,9H2,(H2,10,12);3H,1-2H2. The van der Waals surface area contributed by atoms with Crippen molar-refractivity contribution >= 4 is 35.9 Å². The predicted octanol–water partition coefficient (Wildman–Crippen LogP) is 2.36. The molecule has 256 valence electrons. The molecule has 0 radical (unpaired) electrons. The van der Waals surface area contributed by atoms with E-state index in [-0.39, 0.29) is 12.5 Å². The van der Waals surface area contributed by atoms with Crippen LogP contribution in [0.4, 0.5) is 18.0 Å². The van der Waals surface area contributed by atoms with Gasteiger partial charge in [0.15, 0.2) is 0 Å². The van der Waals surface area contributed by atoms with E-state index in [1.807, 2.05) is 20.8 Å². The van der Waals surface area contributed by atoms with Gasteiger partial charge in [0.2, 0.25) is 11.7 Å². The van der Waals surface area contributed by atoms with Crippen LogP contribution in [0.25, 0.3) is 0 Å². The number of halogens is 3. The van der Waals surface area contributed by atoms with E-state index in [1.54, 1.807) is 0 Å². The van der Waals surface area contributed by atoms with Gasteiger partial charge in [-0.25, -0.2) is 4.79 Å². The predicted molar refractivity (Wildman–Crippen MR) is 157 cm³/mol. The zero-order chi connectivity index (χ0) is 33.9. The van der Waals surface area contributed by atoms with E-state index in [0.29, 0.717) is 50.7 Å². The van der Waals surface area contributed by atoms with Gasteiger partial charge in [0.05, 0.1) is 24.6 Å². The van der Waals surface area contributed by atoms with Crippen LogP contribution in [-0.4, -0.2) is 84.8 Å². The van der Waals surface area contributed by atoms with E-state index in [9.17, 15) is 41.9 Å². The summed E-state index contributed by atoms with van der Waals surface area (Å²) in [7, 11) is 0. The first kappa shape index (κ1) is 38.0. The molecule has 0 aromatic rings. The molecule has 1 heterocycles. The molecular weight excluding hydrogens is 599 g/mol. The van der Waals surface area contributed by atoms with Crippen LogP contribution in [0.15, 0.2) is 0 Å². The quantitative estimate of drug-likeness (QED) is 0.149. The molecule has 0 aromatic carbocycles. The van der Waals surface area contributed by atoms with Crippen molar-refractivity contribution in [2.24, 2.45) is 34.6 Å². The summed E-state index contributed by atoms with van der Waals surface area (Å²) in [6.45, 7) is 6.17. The maximum Gasteiger partial charge on any atom is 0.391 e. The number of carbonyl (C=O) groups is 6. The maximum atomic E-state index is 12.9. The lowest BCUT2D eigenvalue weighted by atomic mass is 9.80. The van der Waals surface area contributed by atoms with Gasteiger partial charge in [-0.3, -0.25) is 19.2 Å². The van der Waals surface area contributed by atoms with Gasteiger partial charge in [0.1, 0.15) is 18.9 Å². The molecule has 3 saturated carbocycles. The average molecular weight is 648 g/mol. The van der Waals surface area contributed by atoms with Gasteiger partial charge in [-0.1, -0.05) is 40.0 Å². The number of ketones is 1. The summed E-state index contributed by atoms with van der Waals surface area (Å²) in [5, 5.41) is 5.08. The van der Waals surface area contributed by atoms with Crippen molar-refractivity contribution in [1.29, 1.82) is 0 Å². The van der Waals surface area contributed by atoms with E-state index in [4.69, 9.17) is 16.2 Å². The molecule has 3 aliphatic carbocycles. The number of Topliss-reactive ketones (excluding diaryl/α,β-unsaturated/α-hetero) is 1. The second kappa shape index (κ2) is 16.9. The number of nitrogens with one attached hydrogen (secondary N) is 2. The Morgan fingerprint density at radius 1 is 0.956 bits per heavy atom. The van der Waals surface area contributed by atoms with Crippen molar-refractivity contribution in [2.45, 2.75) is 109 Å². The second-order valence-corrected chi connectivity index (χ2v) is 13.3. The minimum atomic E-state index is -3.89. The van der Waals surface area contributed by atoms with E-state index < -0.39 is 59.3 Å². The number of ether oxygens (including phenoxy) is 1. The van der Waals surface area contributed by atoms with Crippen LogP contribution in [0.5, 0.6) is 0 Å². The van der Waals surface area contributed by atoms with Crippen LogP contribution in [0.1, 0.15) is 85.0 Å². The minimum absolute atomic E-state index is 0.246. The number of nitrogens with zero attached hydrogens (tertiary/aromatic N) is 1. The smallest absolute Gasteiger partial charge is 0.391 e. The van der Waals surface area contributed by atoms with E-state index in [0.717, 1.165) is 38.4 Å². The number of hydrogen-bond acceptors (Lipinski definition) is 8. The van der Waals surface area contributed by atoms with Gasteiger partial charge in [-0.05, 0) is 62.2 Å². The number of amides is 4. The first-order valence-electron chi connectivity index (χ1n) is 15.6. The second-order valence-electron chi connectivity index (χ2n) is 13.3. The Balaban J connectivity index is 0.000000302. The number of esters is 1. The summed E-state index contributed by atoms with van der Waals surface area (Å²) >= 11 is 0. The number of carbonyl (C=O) groups excluding carboxylic acids is 6. The van der Waals surface area contributed by atoms with Crippen molar-refractivity contribution in [3.63, 3.8) is 0 Å². The normalized spacial score (nSPS) is 21.0. The zero-order valence-corrected chi connectivity index (χ0v) is 26.3. The van der Waals surface area contributed by atoms with Crippen LogP contribution in [0.2, 0.25) is 0 Å². The Morgan fingerprint density at radius 2 is 1.58 bits per heavy atom. The molecule has 1 saturated heterocycles. The largest absolute Gasteiger partial charge is 0.464 e. The van der Waals surface area contributed by atoms with Gasteiger partial charge < -0.3 is 36.5 Å². The minimum Gasteiger partial charge on any atom is -0.464 e. The Bertz CT molecular complexity index is 1050. The third-order valence-electron chi connectivity index (χ3n) is 8.13.